The van der Waals surface area contributed by atoms with Crippen molar-refractivity contribution < 1.29 is 37.9 Å². The number of nitrogens with two attached hydrogens (primary N) is 1. The van der Waals surface area contributed by atoms with Crippen molar-refractivity contribution >= 4 is 29.3 Å². The van der Waals surface area contributed by atoms with Crippen molar-refractivity contribution in [2.45, 2.75) is 32.4 Å². The number of anilines is 1. The zero-order valence-corrected chi connectivity index (χ0v) is 30.6. The standard InChI is InChI=1S/C42H41N5O8/c1-50-41-35-21-46(48)33-11-6-27(26-4-9-32(43)10-5-26)16-30(33)19-44(35)23-39(41)52-14-3-15-53-40-24-45-20-31-17-28(29-8-13-37-38(18-29)55-25-54-37)7-12-34(31)47(49)22-36(45)42(40)51-2/h4-13,18,21-24,30-31H,3,14-17,19-20,25,43H2,1-2H3. The summed E-state index contributed by atoms with van der Waals surface area (Å²) in [6.45, 7) is 2.09. The molecule has 0 spiro atoms. The molecule has 2 aliphatic carbocycles. The number of benzene rings is 2. The number of methoxy groups -OCH3 is 2. The fraction of sp³-hybridized carbons (Fsp3) is 0.286. The Kier molecular flexibility index (Phi) is 8.76. The normalized spacial score (nSPS) is 19.4. The van der Waals surface area contributed by atoms with Gasteiger partial charge in [0, 0.05) is 37.3 Å². The molecule has 2 aromatic heterocycles. The van der Waals surface area contributed by atoms with E-state index in [0.717, 1.165) is 43.2 Å². The summed E-state index contributed by atoms with van der Waals surface area (Å²) >= 11 is 0. The minimum absolute atomic E-state index is 0.0290. The van der Waals surface area contributed by atoms with Crippen LogP contribution in [0, 0.1) is 22.3 Å². The maximum absolute atomic E-state index is 13.4. The molecular weight excluding hydrogens is 702 g/mol. The average molecular weight is 744 g/mol. The van der Waals surface area contributed by atoms with Crippen molar-refractivity contribution in [3.63, 3.8) is 0 Å². The Labute approximate surface area is 317 Å². The molecule has 2 atom stereocenters. The molecule has 9 rings (SSSR count). The number of nitrogen functional groups attached to an aromatic ring is 1. The van der Waals surface area contributed by atoms with Crippen LogP contribution in [0.2, 0.25) is 0 Å². The van der Waals surface area contributed by atoms with Gasteiger partial charge in [-0.25, -0.2) is 0 Å². The van der Waals surface area contributed by atoms with Crippen LogP contribution < -0.4 is 34.2 Å². The number of hydrogen-bond donors (Lipinski definition) is 1. The van der Waals surface area contributed by atoms with Crippen LogP contribution in [0.4, 0.5) is 5.69 Å². The second kappa shape index (κ2) is 14.0. The quantitative estimate of drug-likeness (QED) is 0.0854. The molecule has 0 bridgehead atoms. The summed E-state index contributed by atoms with van der Waals surface area (Å²) < 4.78 is 41.0. The Morgan fingerprint density at radius 3 is 1.80 bits per heavy atom. The first-order valence-electron chi connectivity index (χ1n) is 18.4. The van der Waals surface area contributed by atoms with Gasteiger partial charge >= 0.3 is 0 Å². The third kappa shape index (κ3) is 6.34. The van der Waals surface area contributed by atoms with Crippen molar-refractivity contribution in [3.05, 3.63) is 123 Å². The maximum atomic E-state index is 13.4. The fourth-order valence-corrected chi connectivity index (χ4v) is 8.07. The van der Waals surface area contributed by atoms with Gasteiger partial charge in [-0.3, -0.25) is 0 Å². The smallest absolute Gasteiger partial charge is 0.231 e. The number of fused-ring (bicyclic) bond motifs is 5. The fourth-order valence-electron chi connectivity index (χ4n) is 8.07. The highest BCUT2D eigenvalue weighted by Gasteiger charge is 2.34. The molecule has 0 amide bonds. The molecule has 55 heavy (non-hydrogen) atoms. The third-order valence-corrected chi connectivity index (χ3v) is 10.8. The lowest BCUT2D eigenvalue weighted by Gasteiger charge is -2.22. The zero-order valence-electron chi connectivity index (χ0n) is 30.6. The molecule has 13 heteroatoms. The molecule has 5 heterocycles. The summed E-state index contributed by atoms with van der Waals surface area (Å²) in [6.07, 6.45) is 16.7. The number of allylic oxidation sites excluding steroid dienone is 8. The van der Waals surface area contributed by atoms with Crippen LogP contribution in [0.25, 0.3) is 11.1 Å². The van der Waals surface area contributed by atoms with E-state index in [1.807, 2.05) is 88.3 Å². The topological polar surface area (TPSA) is 143 Å². The van der Waals surface area contributed by atoms with E-state index in [2.05, 4.69) is 0 Å². The summed E-state index contributed by atoms with van der Waals surface area (Å²) in [5, 5.41) is 26.7. The van der Waals surface area contributed by atoms with E-state index in [4.69, 9.17) is 34.2 Å². The number of rotatable bonds is 10. The second-order valence-corrected chi connectivity index (χ2v) is 14.1. The molecule has 5 aliphatic rings. The molecule has 0 saturated carbocycles. The molecule has 2 aromatic carbocycles. The van der Waals surface area contributed by atoms with Crippen LogP contribution in [-0.4, -0.2) is 65.3 Å². The third-order valence-electron chi connectivity index (χ3n) is 10.8. The number of nitrogens with zero attached hydrogens (tertiary/aromatic N) is 4. The average Bonchev–Trinajstić information content (AvgIpc) is 3.84. The van der Waals surface area contributed by atoms with Gasteiger partial charge in [0.1, 0.15) is 0 Å². The minimum Gasteiger partial charge on any atom is -0.618 e. The van der Waals surface area contributed by atoms with Gasteiger partial charge in [0.05, 0.1) is 51.7 Å². The van der Waals surface area contributed by atoms with Gasteiger partial charge in [0.15, 0.2) is 57.3 Å². The van der Waals surface area contributed by atoms with E-state index in [1.54, 1.807) is 26.6 Å². The van der Waals surface area contributed by atoms with Gasteiger partial charge in [-0.15, -0.1) is 0 Å². The van der Waals surface area contributed by atoms with Crippen molar-refractivity contribution in [2.75, 3.05) is 40.0 Å². The molecule has 0 fully saturated rings. The van der Waals surface area contributed by atoms with Crippen molar-refractivity contribution in [3.8, 4) is 34.5 Å². The van der Waals surface area contributed by atoms with Crippen LogP contribution in [0.3, 0.4) is 0 Å². The maximum Gasteiger partial charge on any atom is 0.231 e. The summed E-state index contributed by atoms with van der Waals surface area (Å²) in [6, 6.07) is 13.7. The van der Waals surface area contributed by atoms with Crippen LogP contribution in [0.5, 0.6) is 34.5 Å². The SMILES string of the molecule is COc1c(OCCCOc2cn3c(c2OC)C=[N+]([O-])C2=CC=C(c4ccc5c(c4)OCO5)CC2C3)cn2c1C=[N+]([O-])C1=CC=C(c3ccc(N)cc3)CC1C2. The monoisotopic (exact) mass is 743 g/mol. The molecule has 2 unspecified atom stereocenters. The van der Waals surface area contributed by atoms with Crippen molar-refractivity contribution in [1.82, 2.24) is 9.13 Å². The lowest BCUT2D eigenvalue weighted by Crippen LogP contribution is -2.19. The molecule has 2 N–H and O–H groups in total. The molecule has 0 saturated heterocycles. The Morgan fingerprint density at radius 1 is 0.709 bits per heavy atom. The molecule has 13 nitrogen and oxygen atoms in total. The second-order valence-electron chi connectivity index (χ2n) is 14.1. The molecule has 0 radical (unpaired) electrons. The largest absolute Gasteiger partial charge is 0.618 e. The van der Waals surface area contributed by atoms with Crippen LogP contribution in [-0.2, 0) is 13.1 Å². The Hall–Kier alpha value is -6.50. The van der Waals surface area contributed by atoms with Gasteiger partial charge in [0.2, 0.25) is 19.2 Å². The lowest BCUT2D eigenvalue weighted by atomic mass is 9.87. The van der Waals surface area contributed by atoms with Gasteiger partial charge in [-0.1, -0.05) is 30.4 Å². The van der Waals surface area contributed by atoms with Crippen LogP contribution in [0.15, 0.2) is 90.6 Å². The first-order chi connectivity index (χ1) is 26.9. The van der Waals surface area contributed by atoms with E-state index >= 15 is 0 Å². The van der Waals surface area contributed by atoms with Gasteiger partial charge < -0.3 is 53.7 Å². The van der Waals surface area contributed by atoms with E-state index in [9.17, 15) is 10.4 Å². The molecule has 4 aromatic rings. The number of aromatic nitrogens is 2. The summed E-state index contributed by atoms with van der Waals surface area (Å²) in [4.78, 5) is 0. The highest BCUT2D eigenvalue weighted by atomic mass is 16.7. The Morgan fingerprint density at radius 2 is 1.24 bits per heavy atom. The number of hydrogen-bond acceptors (Lipinski definition) is 9. The van der Waals surface area contributed by atoms with Crippen molar-refractivity contribution in [2.24, 2.45) is 11.8 Å². The predicted molar refractivity (Wildman–Crippen MR) is 207 cm³/mol. The minimum atomic E-state index is -0.0554. The molecular formula is C42H41N5O8. The van der Waals surface area contributed by atoms with Gasteiger partial charge in [-0.2, -0.15) is 9.48 Å². The summed E-state index contributed by atoms with van der Waals surface area (Å²) in [7, 11) is 3.16. The molecule has 282 valence electrons. The van der Waals surface area contributed by atoms with Gasteiger partial charge in [-0.05, 0) is 59.4 Å². The predicted octanol–water partition coefficient (Wildman–Crippen LogP) is 6.33. The summed E-state index contributed by atoms with van der Waals surface area (Å²) in [5.74, 6) is 3.51. The van der Waals surface area contributed by atoms with E-state index in [-0.39, 0.29) is 18.6 Å². The van der Waals surface area contributed by atoms with E-state index < -0.39 is 0 Å². The van der Waals surface area contributed by atoms with Crippen LogP contribution >= 0.6 is 0 Å². The molecule has 3 aliphatic heterocycles. The van der Waals surface area contributed by atoms with Crippen LogP contribution in [0.1, 0.15) is 41.8 Å². The first-order valence-corrected chi connectivity index (χ1v) is 18.4. The Bertz CT molecular complexity index is 2360. The first kappa shape index (κ1) is 34.3. The Balaban J connectivity index is 0.846. The zero-order chi connectivity index (χ0) is 37.6. The van der Waals surface area contributed by atoms with E-state index in [0.29, 0.717) is 97.0 Å². The highest BCUT2D eigenvalue weighted by Crippen LogP contribution is 2.42. The van der Waals surface area contributed by atoms with E-state index in [1.165, 1.54) is 0 Å². The van der Waals surface area contributed by atoms with Crippen molar-refractivity contribution in [1.29, 1.82) is 0 Å². The number of ether oxygens (including phenoxy) is 6. The summed E-state index contributed by atoms with van der Waals surface area (Å²) in [5.41, 5.74) is 13.7. The van der Waals surface area contributed by atoms with Gasteiger partial charge in [0.25, 0.3) is 0 Å². The lowest BCUT2D eigenvalue weighted by molar-refractivity contribution is -0.404. The highest BCUT2D eigenvalue weighted by molar-refractivity contribution is 5.82. The number of hydroxylamine groups is 2.